The molecule has 0 radical (unpaired) electrons. The average molecular weight is 209 g/mol. The smallest absolute Gasteiger partial charge is 0.0455 e. The van der Waals surface area contributed by atoms with Gasteiger partial charge in [0.25, 0.3) is 0 Å². The molecule has 2 rings (SSSR count). The molecule has 0 saturated carbocycles. The molecule has 1 atom stereocenters. The fourth-order valence-electron chi connectivity index (χ4n) is 1.99. The predicted molar refractivity (Wildman–Crippen MR) is 61.9 cm³/mol. The Balaban J connectivity index is 2.49. The van der Waals surface area contributed by atoms with Crippen molar-refractivity contribution in [1.29, 1.82) is 0 Å². The summed E-state index contributed by atoms with van der Waals surface area (Å²) < 4.78 is 0. The van der Waals surface area contributed by atoms with Gasteiger partial charge in [0.1, 0.15) is 0 Å². The number of benzene rings is 1. The van der Waals surface area contributed by atoms with Crippen molar-refractivity contribution in [1.82, 2.24) is 0 Å². The Bertz CT molecular complexity index is 355. The second kappa shape index (κ2) is 3.32. The molecule has 0 N–H and O–H groups in total. The minimum absolute atomic E-state index is 0.554. The van der Waals surface area contributed by atoms with Gasteiger partial charge < -0.3 is 0 Å². The molecule has 13 heavy (non-hydrogen) atoms. The first kappa shape index (κ1) is 9.04. The van der Waals surface area contributed by atoms with Crippen molar-refractivity contribution in [2.24, 2.45) is 0 Å². The van der Waals surface area contributed by atoms with Gasteiger partial charge in [-0.25, -0.2) is 0 Å². The van der Waals surface area contributed by atoms with Gasteiger partial charge in [0.15, 0.2) is 0 Å². The lowest BCUT2D eigenvalue weighted by Gasteiger charge is -2.15. The molecule has 0 spiro atoms. The number of hydrogen-bond acceptors (Lipinski definition) is 0. The first-order chi connectivity index (χ1) is 6.20. The zero-order valence-electron chi connectivity index (χ0n) is 7.92. The highest BCUT2D eigenvalue weighted by Crippen LogP contribution is 2.39. The molecule has 1 aromatic carbocycles. The first-order valence-electron chi connectivity index (χ1n) is 4.66. The summed E-state index contributed by atoms with van der Waals surface area (Å²) in [4.78, 5) is 0. The van der Waals surface area contributed by atoms with Gasteiger partial charge in [-0.05, 0) is 17.2 Å². The van der Waals surface area contributed by atoms with E-state index in [0.29, 0.717) is 5.54 Å². The van der Waals surface area contributed by atoms with Gasteiger partial charge in [0.05, 0.1) is 0 Å². The van der Waals surface area contributed by atoms with Crippen molar-refractivity contribution in [3.8, 4) is 0 Å². The third kappa shape index (κ3) is 1.47. The Kier molecular flexibility index (Phi) is 2.30. The molecule has 0 aliphatic heterocycles. The van der Waals surface area contributed by atoms with Gasteiger partial charge in [-0.2, -0.15) is 0 Å². The molecule has 0 bridgehead atoms. The van der Waals surface area contributed by atoms with Crippen LogP contribution < -0.4 is 0 Å². The van der Waals surface area contributed by atoms with Gasteiger partial charge in [0.2, 0.25) is 0 Å². The minimum atomic E-state index is -0.718. The molecule has 0 saturated heterocycles. The van der Waals surface area contributed by atoms with Crippen molar-refractivity contribution >= 4 is 26.5 Å². The highest BCUT2D eigenvalue weighted by Gasteiger charge is 2.26. The SMILES string of the molecule is C[SiH](C)C1C(Cl)=Cc2ccccc21. The molecule has 0 aromatic heterocycles. The quantitative estimate of drug-likeness (QED) is 0.621. The molecule has 2 heteroatoms. The van der Waals surface area contributed by atoms with Gasteiger partial charge in [-0.1, -0.05) is 49.0 Å². The minimum Gasteiger partial charge on any atom is -0.0888 e. The lowest BCUT2D eigenvalue weighted by atomic mass is 10.1. The van der Waals surface area contributed by atoms with E-state index in [1.54, 1.807) is 0 Å². The average Bonchev–Trinajstić information content (AvgIpc) is 2.39. The molecule has 68 valence electrons. The maximum absolute atomic E-state index is 6.23. The van der Waals surface area contributed by atoms with E-state index in [0.717, 1.165) is 5.03 Å². The first-order valence-corrected chi connectivity index (χ1v) is 8.01. The normalized spacial score (nSPS) is 20.3. The summed E-state index contributed by atoms with van der Waals surface area (Å²) >= 11 is 6.23. The van der Waals surface area contributed by atoms with Crippen molar-refractivity contribution < 1.29 is 0 Å². The zero-order valence-corrected chi connectivity index (χ0v) is 9.83. The highest BCUT2D eigenvalue weighted by atomic mass is 35.5. The van der Waals surface area contributed by atoms with E-state index >= 15 is 0 Å². The second-order valence-electron chi connectivity index (χ2n) is 3.88. The van der Waals surface area contributed by atoms with Crippen LogP contribution in [0.4, 0.5) is 0 Å². The van der Waals surface area contributed by atoms with E-state index in [4.69, 9.17) is 11.6 Å². The Morgan fingerprint density at radius 3 is 2.62 bits per heavy atom. The summed E-state index contributed by atoms with van der Waals surface area (Å²) in [5, 5.41) is 1.04. The van der Waals surface area contributed by atoms with E-state index in [9.17, 15) is 0 Å². The number of allylic oxidation sites excluding steroid dienone is 1. The number of fused-ring (bicyclic) bond motifs is 1. The molecule has 0 nitrogen and oxygen atoms in total. The summed E-state index contributed by atoms with van der Waals surface area (Å²) in [7, 11) is -0.718. The maximum Gasteiger partial charge on any atom is 0.0455 e. The Morgan fingerprint density at radius 1 is 1.23 bits per heavy atom. The van der Waals surface area contributed by atoms with Crippen molar-refractivity contribution in [2.75, 3.05) is 0 Å². The lowest BCUT2D eigenvalue weighted by molar-refractivity contribution is 1.18. The summed E-state index contributed by atoms with van der Waals surface area (Å²) in [6, 6.07) is 8.53. The van der Waals surface area contributed by atoms with Crippen LogP contribution in [0.2, 0.25) is 13.1 Å². The highest BCUT2D eigenvalue weighted by molar-refractivity contribution is 6.61. The van der Waals surface area contributed by atoms with Gasteiger partial charge in [0, 0.05) is 19.4 Å². The van der Waals surface area contributed by atoms with E-state index in [-0.39, 0.29) is 0 Å². The van der Waals surface area contributed by atoms with Crippen LogP contribution >= 0.6 is 11.6 Å². The van der Waals surface area contributed by atoms with Gasteiger partial charge >= 0.3 is 0 Å². The number of halogens is 1. The topological polar surface area (TPSA) is 0 Å². The van der Waals surface area contributed by atoms with Crippen LogP contribution in [0.25, 0.3) is 6.08 Å². The number of hydrogen-bond donors (Lipinski definition) is 0. The molecule has 0 heterocycles. The fraction of sp³-hybridized carbons (Fsp3) is 0.273. The molecule has 0 fully saturated rings. The molecule has 1 aliphatic rings. The summed E-state index contributed by atoms with van der Waals surface area (Å²) in [6.45, 7) is 4.70. The van der Waals surface area contributed by atoms with Crippen LogP contribution in [0.5, 0.6) is 0 Å². The van der Waals surface area contributed by atoms with Crippen LogP contribution in [-0.4, -0.2) is 8.80 Å². The summed E-state index contributed by atoms with van der Waals surface area (Å²) in [5.74, 6) is 0. The van der Waals surface area contributed by atoms with Crippen LogP contribution in [0, 0.1) is 0 Å². The van der Waals surface area contributed by atoms with Crippen LogP contribution in [-0.2, 0) is 0 Å². The standard InChI is InChI=1S/C11H13ClSi/c1-13(2)11-9-6-4-3-5-8(9)7-10(11)12/h3-7,11,13H,1-2H3. The molecular formula is C11H13ClSi. The van der Waals surface area contributed by atoms with Crippen molar-refractivity contribution in [3.63, 3.8) is 0 Å². The van der Waals surface area contributed by atoms with Crippen molar-refractivity contribution in [2.45, 2.75) is 18.6 Å². The van der Waals surface area contributed by atoms with E-state index < -0.39 is 8.80 Å². The maximum atomic E-state index is 6.23. The van der Waals surface area contributed by atoms with E-state index in [2.05, 4.69) is 43.4 Å². The molecule has 1 aliphatic carbocycles. The monoisotopic (exact) mass is 208 g/mol. The molecule has 0 amide bonds. The van der Waals surface area contributed by atoms with E-state index in [1.165, 1.54) is 11.1 Å². The molecular weight excluding hydrogens is 196 g/mol. The van der Waals surface area contributed by atoms with Crippen LogP contribution in [0.1, 0.15) is 16.7 Å². The third-order valence-corrected chi connectivity index (χ3v) is 5.20. The third-order valence-electron chi connectivity index (χ3n) is 2.59. The van der Waals surface area contributed by atoms with Crippen LogP contribution in [0.3, 0.4) is 0 Å². The lowest BCUT2D eigenvalue weighted by Crippen LogP contribution is -2.14. The number of rotatable bonds is 1. The van der Waals surface area contributed by atoms with Gasteiger partial charge in [-0.15, -0.1) is 0 Å². The fourth-order valence-corrected chi connectivity index (χ4v) is 4.74. The van der Waals surface area contributed by atoms with Crippen molar-refractivity contribution in [3.05, 3.63) is 40.4 Å². The molecule has 1 aromatic rings. The largest absolute Gasteiger partial charge is 0.0888 e. The molecule has 1 unspecified atom stereocenters. The van der Waals surface area contributed by atoms with Crippen LogP contribution in [0.15, 0.2) is 29.3 Å². The van der Waals surface area contributed by atoms with Gasteiger partial charge in [-0.3, -0.25) is 0 Å². The zero-order chi connectivity index (χ0) is 9.42. The summed E-state index contributed by atoms with van der Waals surface area (Å²) in [5.41, 5.74) is 3.31. The Hall–Kier alpha value is -0.533. The summed E-state index contributed by atoms with van der Waals surface area (Å²) in [6.07, 6.45) is 2.12. The Labute approximate surface area is 85.8 Å². The second-order valence-corrected chi connectivity index (χ2v) is 7.47. The Morgan fingerprint density at radius 2 is 1.92 bits per heavy atom. The predicted octanol–water partition coefficient (Wildman–Crippen LogP) is 3.39. The van der Waals surface area contributed by atoms with E-state index in [1.807, 2.05) is 0 Å².